The second kappa shape index (κ2) is 8.11. The fourth-order valence-electron chi connectivity index (χ4n) is 1.88. The fraction of sp³-hybridized carbons (Fsp3) is 0.500. The maximum Gasteiger partial charge on any atom is 0.316 e. The molecule has 0 aliphatic heterocycles. The van der Waals surface area contributed by atoms with E-state index in [-0.39, 0.29) is 6.42 Å². The summed E-state index contributed by atoms with van der Waals surface area (Å²) in [5.41, 5.74) is 1.29. The Bertz CT molecular complexity index is 554. The molecule has 0 spiro atoms. The van der Waals surface area contributed by atoms with Crippen LogP contribution in [0.3, 0.4) is 0 Å². The van der Waals surface area contributed by atoms with Crippen molar-refractivity contribution in [1.82, 2.24) is 9.14 Å². The monoisotopic (exact) mass is 313 g/mol. The van der Waals surface area contributed by atoms with Gasteiger partial charge in [-0.1, -0.05) is 44.2 Å². The van der Waals surface area contributed by atoms with E-state index < -0.39 is 16.3 Å². The summed E-state index contributed by atoms with van der Waals surface area (Å²) in [5, 5.41) is 13.9. The molecule has 1 aromatic carbocycles. The topological polar surface area (TPSA) is 82.0 Å². The summed E-state index contributed by atoms with van der Waals surface area (Å²) < 4.78 is 25.1. The lowest BCUT2D eigenvalue weighted by Gasteiger charge is -2.17. The minimum atomic E-state index is -3.60. The third-order valence-electron chi connectivity index (χ3n) is 3.07. The molecule has 0 radical (unpaired) electrons. The number of rotatable bonds is 8. The molecular weight excluding hydrogens is 290 g/mol. The molecular formula is C14H23N3O3S. The van der Waals surface area contributed by atoms with E-state index in [1.54, 1.807) is 20.8 Å². The Morgan fingerprint density at radius 3 is 2.38 bits per heavy atom. The number of hydrazone groups is 1. The van der Waals surface area contributed by atoms with Crippen molar-refractivity contribution in [3.63, 3.8) is 0 Å². The van der Waals surface area contributed by atoms with Gasteiger partial charge in [-0.05, 0) is 12.5 Å². The molecule has 1 rings (SSSR count). The number of nitrogens with zero attached hydrogens (tertiary/aromatic N) is 2. The van der Waals surface area contributed by atoms with E-state index in [2.05, 4.69) is 9.93 Å². The van der Waals surface area contributed by atoms with Gasteiger partial charge in [-0.2, -0.15) is 22.7 Å². The van der Waals surface area contributed by atoms with E-state index in [0.29, 0.717) is 18.8 Å². The van der Waals surface area contributed by atoms with Crippen LogP contribution in [0.5, 0.6) is 0 Å². The average molecular weight is 313 g/mol. The van der Waals surface area contributed by atoms with Crippen molar-refractivity contribution in [1.29, 1.82) is 0 Å². The third kappa shape index (κ3) is 5.45. The largest absolute Gasteiger partial charge is 0.388 e. The predicted molar refractivity (Wildman–Crippen MR) is 84.1 cm³/mol. The molecule has 1 atom stereocenters. The lowest BCUT2D eigenvalue weighted by Crippen LogP contribution is -2.38. The first-order chi connectivity index (χ1) is 9.90. The highest BCUT2D eigenvalue weighted by Crippen LogP contribution is 2.16. The van der Waals surface area contributed by atoms with Crippen LogP contribution >= 0.6 is 0 Å². The van der Waals surface area contributed by atoms with Crippen molar-refractivity contribution >= 4 is 15.9 Å². The predicted octanol–water partition coefficient (Wildman–Crippen LogP) is 1.66. The molecule has 0 fully saturated rings. The summed E-state index contributed by atoms with van der Waals surface area (Å²) >= 11 is 0. The van der Waals surface area contributed by atoms with E-state index in [1.807, 2.05) is 30.3 Å². The van der Waals surface area contributed by atoms with Crippen molar-refractivity contribution in [3.05, 3.63) is 35.9 Å². The van der Waals surface area contributed by atoms with Gasteiger partial charge in [0.15, 0.2) is 0 Å². The Morgan fingerprint density at radius 2 is 1.86 bits per heavy atom. The van der Waals surface area contributed by atoms with Gasteiger partial charge in [0.2, 0.25) is 0 Å². The quantitative estimate of drug-likeness (QED) is 0.565. The van der Waals surface area contributed by atoms with Crippen LogP contribution in [0.2, 0.25) is 0 Å². The second-order valence-electron chi connectivity index (χ2n) is 4.66. The molecule has 118 valence electrons. The minimum Gasteiger partial charge on any atom is -0.388 e. The first-order valence-corrected chi connectivity index (χ1v) is 8.37. The van der Waals surface area contributed by atoms with Crippen molar-refractivity contribution < 1.29 is 13.5 Å². The highest BCUT2D eigenvalue weighted by Gasteiger charge is 2.17. The lowest BCUT2D eigenvalue weighted by molar-refractivity contribution is 0.186. The van der Waals surface area contributed by atoms with Crippen molar-refractivity contribution in [2.75, 3.05) is 13.1 Å². The molecule has 1 aromatic rings. The molecule has 0 aliphatic carbocycles. The Morgan fingerprint density at radius 1 is 1.29 bits per heavy atom. The number of benzene rings is 1. The zero-order valence-corrected chi connectivity index (χ0v) is 13.5. The van der Waals surface area contributed by atoms with Gasteiger partial charge in [0.25, 0.3) is 0 Å². The Hall–Kier alpha value is -1.44. The van der Waals surface area contributed by atoms with Crippen LogP contribution in [0.25, 0.3) is 0 Å². The van der Waals surface area contributed by atoms with Gasteiger partial charge in [-0.15, -0.1) is 0 Å². The highest BCUT2D eigenvalue weighted by molar-refractivity contribution is 7.87. The Balaban J connectivity index is 2.65. The average Bonchev–Trinajstić information content (AvgIpc) is 2.47. The SMILES string of the molecule is CCN(CC)S(=O)(=O)N/N=C(\C)CC(O)c1ccccc1. The number of aliphatic hydroxyl groups excluding tert-OH is 1. The zero-order valence-electron chi connectivity index (χ0n) is 12.7. The first-order valence-electron chi connectivity index (χ1n) is 6.93. The normalized spacial score (nSPS) is 14.2. The van der Waals surface area contributed by atoms with Crippen LogP contribution < -0.4 is 4.83 Å². The number of nitrogens with one attached hydrogen (secondary N) is 1. The van der Waals surface area contributed by atoms with Gasteiger partial charge in [0.05, 0.1) is 6.10 Å². The standard InChI is InChI=1S/C14H23N3O3S/c1-4-17(5-2)21(19,20)16-15-12(3)11-14(18)13-9-7-6-8-10-13/h6-10,14,16,18H,4-5,11H2,1-3H3/b15-12+. The van der Waals surface area contributed by atoms with Gasteiger partial charge in [0.1, 0.15) is 0 Å². The van der Waals surface area contributed by atoms with E-state index in [4.69, 9.17) is 0 Å². The molecule has 0 aliphatic rings. The molecule has 21 heavy (non-hydrogen) atoms. The Kier molecular flexibility index (Phi) is 6.80. The summed E-state index contributed by atoms with van der Waals surface area (Å²) in [6.45, 7) is 5.97. The van der Waals surface area contributed by atoms with Crippen LogP contribution in [0, 0.1) is 0 Å². The first kappa shape index (κ1) is 17.6. The summed E-state index contributed by atoms with van der Waals surface area (Å²) in [5.74, 6) is 0. The molecule has 0 amide bonds. The summed E-state index contributed by atoms with van der Waals surface area (Å²) in [6.07, 6.45) is -0.432. The van der Waals surface area contributed by atoms with Crippen LogP contribution in [-0.2, 0) is 10.2 Å². The van der Waals surface area contributed by atoms with Crippen LogP contribution in [0.1, 0.15) is 38.9 Å². The van der Waals surface area contributed by atoms with Crippen molar-refractivity contribution in [3.8, 4) is 0 Å². The summed E-state index contributed by atoms with van der Waals surface area (Å²) in [6, 6.07) is 9.19. The van der Waals surface area contributed by atoms with E-state index in [1.165, 1.54) is 4.31 Å². The third-order valence-corrected chi connectivity index (χ3v) is 4.59. The van der Waals surface area contributed by atoms with Gasteiger partial charge in [-0.25, -0.2) is 0 Å². The van der Waals surface area contributed by atoms with E-state index in [0.717, 1.165) is 5.56 Å². The molecule has 0 saturated heterocycles. The molecule has 0 aromatic heterocycles. The van der Waals surface area contributed by atoms with Gasteiger partial charge in [-0.3, -0.25) is 0 Å². The van der Waals surface area contributed by atoms with E-state index in [9.17, 15) is 13.5 Å². The molecule has 7 heteroatoms. The van der Waals surface area contributed by atoms with Gasteiger partial charge in [0, 0.05) is 25.2 Å². The van der Waals surface area contributed by atoms with Crippen LogP contribution in [-0.4, -0.2) is 36.6 Å². The number of hydrogen-bond donors (Lipinski definition) is 2. The second-order valence-corrected chi connectivity index (χ2v) is 6.31. The molecule has 0 bridgehead atoms. The molecule has 6 nitrogen and oxygen atoms in total. The molecule has 1 unspecified atom stereocenters. The maximum absolute atomic E-state index is 11.9. The minimum absolute atomic E-state index is 0.269. The molecule has 2 N–H and O–H groups in total. The van der Waals surface area contributed by atoms with Crippen molar-refractivity contribution in [2.24, 2.45) is 5.10 Å². The fourth-order valence-corrected chi connectivity index (χ4v) is 2.94. The smallest absolute Gasteiger partial charge is 0.316 e. The number of aliphatic hydroxyl groups is 1. The lowest BCUT2D eigenvalue weighted by atomic mass is 10.0. The highest BCUT2D eigenvalue weighted by atomic mass is 32.2. The van der Waals surface area contributed by atoms with Gasteiger partial charge >= 0.3 is 10.2 Å². The summed E-state index contributed by atoms with van der Waals surface area (Å²) in [4.78, 5) is 2.19. The van der Waals surface area contributed by atoms with E-state index >= 15 is 0 Å². The van der Waals surface area contributed by atoms with Crippen molar-refractivity contribution in [2.45, 2.75) is 33.3 Å². The number of hydrogen-bond acceptors (Lipinski definition) is 4. The maximum atomic E-state index is 11.9. The molecule has 0 heterocycles. The van der Waals surface area contributed by atoms with Crippen LogP contribution in [0.15, 0.2) is 35.4 Å². The zero-order chi connectivity index (χ0) is 15.9. The van der Waals surface area contributed by atoms with Crippen LogP contribution in [0.4, 0.5) is 0 Å². The molecule has 0 saturated carbocycles. The Labute approximate surface area is 126 Å². The van der Waals surface area contributed by atoms with Gasteiger partial charge < -0.3 is 5.11 Å². The summed E-state index contributed by atoms with van der Waals surface area (Å²) in [7, 11) is -3.60.